The number of aromatic nitrogens is 2. The van der Waals surface area contributed by atoms with E-state index in [0.29, 0.717) is 5.75 Å². The fourth-order valence-electron chi connectivity index (χ4n) is 2.60. The lowest BCUT2D eigenvalue weighted by atomic mass is 10.2. The number of rotatable bonds is 6. The second kappa shape index (κ2) is 8.62. The molecule has 2 aromatic heterocycles. The Morgan fingerprint density at radius 1 is 1.43 bits per heavy atom. The Balaban J connectivity index is 1.51. The molecule has 0 radical (unpaired) electrons. The van der Waals surface area contributed by atoms with E-state index in [1.165, 1.54) is 11.3 Å². The van der Waals surface area contributed by atoms with Gasteiger partial charge in [-0.1, -0.05) is 0 Å². The number of alkyl halides is 2. The standard InChI is InChI=1S/C17H15F2N5O2S2/c18-17(19)5-11(6-20)24(10-17)15(25)7-22-16(26)13-8-28-14(23-13)9-27-12-1-3-21-4-2-12/h1-4,8,11H,5,7,9-10H2,(H,22,26)/t11-/m0/s1. The molecular weight excluding hydrogens is 408 g/mol. The van der Waals surface area contributed by atoms with Gasteiger partial charge in [0.15, 0.2) is 0 Å². The van der Waals surface area contributed by atoms with Crippen molar-refractivity contribution in [3.8, 4) is 6.07 Å². The number of nitrogens with one attached hydrogen (secondary N) is 1. The van der Waals surface area contributed by atoms with Crippen LogP contribution in [0.25, 0.3) is 0 Å². The van der Waals surface area contributed by atoms with E-state index in [-0.39, 0.29) is 5.69 Å². The van der Waals surface area contributed by atoms with Gasteiger partial charge in [0.2, 0.25) is 5.91 Å². The third-order valence-corrected chi connectivity index (χ3v) is 5.99. The minimum absolute atomic E-state index is 0.159. The molecule has 1 N–H and O–H groups in total. The number of likely N-dealkylation sites (tertiary alicyclic amines) is 1. The first-order chi connectivity index (χ1) is 13.4. The van der Waals surface area contributed by atoms with E-state index in [9.17, 15) is 18.4 Å². The van der Waals surface area contributed by atoms with Crippen molar-refractivity contribution in [2.45, 2.75) is 29.0 Å². The maximum absolute atomic E-state index is 13.4. The summed E-state index contributed by atoms with van der Waals surface area (Å²) in [5.74, 6) is -3.80. The van der Waals surface area contributed by atoms with Gasteiger partial charge in [-0.25, -0.2) is 13.8 Å². The summed E-state index contributed by atoms with van der Waals surface area (Å²) in [4.78, 5) is 34.3. The SMILES string of the molecule is N#C[C@@H]1CC(F)(F)CN1C(=O)CNC(=O)c1csc(CSc2ccncc2)n1. The van der Waals surface area contributed by atoms with E-state index in [1.807, 2.05) is 12.1 Å². The van der Waals surface area contributed by atoms with Gasteiger partial charge in [0, 0.05) is 29.1 Å². The molecule has 3 rings (SSSR count). The molecule has 1 saturated heterocycles. The van der Waals surface area contributed by atoms with E-state index in [1.54, 1.807) is 35.6 Å². The summed E-state index contributed by atoms with van der Waals surface area (Å²) in [5.41, 5.74) is 0.159. The van der Waals surface area contributed by atoms with Gasteiger partial charge in [0.25, 0.3) is 11.8 Å². The number of halogens is 2. The number of carbonyl (C=O) groups excluding carboxylic acids is 2. The summed E-state index contributed by atoms with van der Waals surface area (Å²) in [7, 11) is 0. The summed E-state index contributed by atoms with van der Waals surface area (Å²) in [6, 6.07) is 4.25. The van der Waals surface area contributed by atoms with Crippen LogP contribution >= 0.6 is 23.1 Å². The van der Waals surface area contributed by atoms with Crippen molar-refractivity contribution in [2.75, 3.05) is 13.1 Å². The zero-order valence-electron chi connectivity index (χ0n) is 14.5. The molecule has 28 heavy (non-hydrogen) atoms. The van der Waals surface area contributed by atoms with Gasteiger partial charge in [-0.15, -0.1) is 23.1 Å². The average Bonchev–Trinajstić information content (AvgIpc) is 3.28. The minimum Gasteiger partial charge on any atom is -0.342 e. The largest absolute Gasteiger partial charge is 0.342 e. The van der Waals surface area contributed by atoms with Crippen molar-refractivity contribution in [3.05, 3.63) is 40.6 Å². The first-order valence-corrected chi connectivity index (χ1v) is 10.1. The molecule has 11 heteroatoms. The second-order valence-corrected chi connectivity index (χ2v) is 8.00. The zero-order valence-corrected chi connectivity index (χ0v) is 16.1. The molecule has 0 spiro atoms. The number of nitrogens with zero attached hydrogens (tertiary/aromatic N) is 4. The van der Waals surface area contributed by atoms with Gasteiger partial charge in [-0.05, 0) is 12.1 Å². The molecule has 1 aliphatic rings. The van der Waals surface area contributed by atoms with Gasteiger partial charge in [-0.2, -0.15) is 5.26 Å². The van der Waals surface area contributed by atoms with Crippen LogP contribution in [0, 0.1) is 11.3 Å². The Morgan fingerprint density at radius 2 is 2.18 bits per heavy atom. The monoisotopic (exact) mass is 423 g/mol. The molecule has 0 aliphatic carbocycles. The van der Waals surface area contributed by atoms with Gasteiger partial charge in [-0.3, -0.25) is 14.6 Å². The lowest BCUT2D eigenvalue weighted by molar-refractivity contribution is -0.131. The zero-order chi connectivity index (χ0) is 20.1. The molecule has 0 saturated carbocycles. The van der Waals surface area contributed by atoms with Gasteiger partial charge in [0.1, 0.15) is 16.7 Å². The highest BCUT2D eigenvalue weighted by molar-refractivity contribution is 7.98. The van der Waals surface area contributed by atoms with Gasteiger partial charge < -0.3 is 10.2 Å². The predicted molar refractivity (Wildman–Crippen MR) is 98.9 cm³/mol. The smallest absolute Gasteiger partial charge is 0.271 e. The van der Waals surface area contributed by atoms with E-state index in [4.69, 9.17) is 5.26 Å². The van der Waals surface area contributed by atoms with E-state index in [0.717, 1.165) is 14.8 Å². The van der Waals surface area contributed by atoms with Crippen LogP contribution in [-0.2, 0) is 10.5 Å². The first-order valence-electron chi connectivity index (χ1n) is 8.20. The fraction of sp³-hybridized carbons (Fsp3) is 0.353. The van der Waals surface area contributed by atoms with Crippen LogP contribution in [0.1, 0.15) is 21.9 Å². The number of thiazole rings is 1. The fourth-order valence-corrected chi connectivity index (χ4v) is 4.28. The van der Waals surface area contributed by atoms with E-state index in [2.05, 4.69) is 15.3 Å². The number of hydrogen-bond donors (Lipinski definition) is 1. The highest BCUT2D eigenvalue weighted by Crippen LogP contribution is 2.31. The van der Waals surface area contributed by atoms with Crippen LogP contribution in [0.3, 0.4) is 0 Å². The van der Waals surface area contributed by atoms with Crippen LogP contribution in [-0.4, -0.2) is 51.7 Å². The van der Waals surface area contributed by atoms with Crippen LogP contribution in [0.15, 0.2) is 34.8 Å². The Kier molecular flexibility index (Phi) is 6.21. The van der Waals surface area contributed by atoms with E-state index >= 15 is 0 Å². The Morgan fingerprint density at radius 3 is 2.89 bits per heavy atom. The maximum atomic E-state index is 13.4. The lowest BCUT2D eigenvalue weighted by Crippen LogP contribution is -2.43. The number of thioether (sulfide) groups is 1. The first kappa shape index (κ1) is 20.2. The maximum Gasteiger partial charge on any atom is 0.271 e. The number of pyridine rings is 1. The highest BCUT2D eigenvalue weighted by Gasteiger charge is 2.47. The summed E-state index contributed by atoms with van der Waals surface area (Å²) < 4.78 is 26.8. The Bertz CT molecular complexity index is 900. The third-order valence-electron chi connectivity index (χ3n) is 3.94. The molecule has 7 nitrogen and oxygen atoms in total. The second-order valence-electron chi connectivity index (χ2n) is 6.01. The van der Waals surface area contributed by atoms with Crippen molar-refractivity contribution < 1.29 is 18.4 Å². The Hall–Kier alpha value is -2.58. The molecule has 2 aromatic rings. The van der Waals surface area contributed by atoms with Crippen molar-refractivity contribution in [1.82, 2.24) is 20.2 Å². The molecule has 2 amide bonds. The summed E-state index contributed by atoms with van der Waals surface area (Å²) in [6.07, 6.45) is 2.69. The van der Waals surface area contributed by atoms with Crippen molar-refractivity contribution in [1.29, 1.82) is 5.26 Å². The number of carbonyl (C=O) groups is 2. The molecule has 1 atom stereocenters. The van der Waals surface area contributed by atoms with E-state index < -0.39 is 43.3 Å². The van der Waals surface area contributed by atoms with Gasteiger partial charge >= 0.3 is 0 Å². The molecule has 146 valence electrons. The summed E-state index contributed by atoms with van der Waals surface area (Å²) in [5, 5.41) is 13.6. The normalized spacial score (nSPS) is 17.9. The topological polar surface area (TPSA) is 99.0 Å². The molecular formula is C17H15F2N5O2S2. The number of nitriles is 1. The molecule has 0 unspecified atom stereocenters. The summed E-state index contributed by atoms with van der Waals surface area (Å²) in [6.45, 7) is -1.28. The van der Waals surface area contributed by atoms with Gasteiger partial charge in [0.05, 0.1) is 24.9 Å². The lowest BCUT2D eigenvalue weighted by Gasteiger charge is -2.19. The van der Waals surface area contributed by atoms with Crippen LogP contribution in [0.4, 0.5) is 8.78 Å². The van der Waals surface area contributed by atoms with Crippen molar-refractivity contribution in [3.63, 3.8) is 0 Å². The quantitative estimate of drug-likeness (QED) is 0.716. The van der Waals surface area contributed by atoms with Crippen molar-refractivity contribution in [2.24, 2.45) is 0 Å². The van der Waals surface area contributed by atoms with Crippen molar-refractivity contribution >= 4 is 34.9 Å². The molecule has 0 bridgehead atoms. The molecule has 1 aliphatic heterocycles. The predicted octanol–water partition coefficient (Wildman–Crippen LogP) is 2.32. The number of amides is 2. The Labute approximate surface area is 167 Å². The highest BCUT2D eigenvalue weighted by atomic mass is 32.2. The van der Waals surface area contributed by atoms with Crippen LogP contribution in [0.2, 0.25) is 0 Å². The average molecular weight is 423 g/mol. The van der Waals surface area contributed by atoms with Crippen LogP contribution < -0.4 is 5.32 Å². The third kappa shape index (κ3) is 5.02. The minimum atomic E-state index is -3.09. The molecule has 1 fully saturated rings. The number of hydrogen-bond acceptors (Lipinski definition) is 7. The van der Waals surface area contributed by atoms with Crippen LogP contribution in [0.5, 0.6) is 0 Å². The molecule has 0 aromatic carbocycles. The summed E-state index contributed by atoms with van der Waals surface area (Å²) >= 11 is 2.86. The molecule has 3 heterocycles.